The first-order chi connectivity index (χ1) is 12.8. The molecular weight excluding hydrogens is 457 g/mol. The topological polar surface area (TPSA) is 79.8 Å². The molecule has 0 atom stereocenters. The van der Waals surface area contributed by atoms with Gasteiger partial charge in [0.05, 0.1) is 14.2 Å². The molecule has 8 heteroatoms. The van der Waals surface area contributed by atoms with E-state index in [0.717, 1.165) is 43.4 Å². The number of benzene rings is 1. The number of ether oxygens (including phenoxy) is 2. The summed E-state index contributed by atoms with van der Waals surface area (Å²) in [6.07, 6.45) is 3.84. The summed E-state index contributed by atoms with van der Waals surface area (Å²) in [5, 5.41) is 9.85. The molecule has 2 aromatic rings. The molecule has 0 aliphatic heterocycles. The standard InChI is InChI=1S/C19H27N5O2.HI/c1-20-19(24-15-9-10-16(25-2)17(14-15)26-3)23-13-7-6-12-22-18-8-4-5-11-21-18;/h4-5,8-11,14H,6-7,12-13H2,1-3H3,(H,21,22)(H2,20,23,24);1H. The normalized spacial score (nSPS) is 10.6. The summed E-state index contributed by atoms with van der Waals surface area (Å²) >= 11 is 0. The van der Waals surface area contributed by atoms with Gasteiger partial charge in [-0.2, -0.15) is 0 Å². The number of anilines is 2. The van der Waals surface area contributed by atoms with Crippen LogP contribution >= 0.6 is 24.0 Å². The van der Waals surface area contributed by atoms with E-state index >= 15 is 0 Å². The Hall–Kier alpha value is -2.23. The molecule has 0 spiro atoms. The number of nitrogens with zero attached hydrogens (tertiary/aromatic N) is 2. The molecule has 1 heterocycles. The van der Waals surface area contributed by atoms with Crippen molar-refractivity contribution in [3.8, 4) is 11.5 Å². The van der Waals surface area contributed by atoms with Crippen LogP contribution < -0.4 is 25.4 Å². The van der Waals surface area contributed by atoms with Crippen LogP contribution in [0.15, 0.2) is 47.6 Å². The Balaban J connectivity index is 0.00000364. The van der Waals surface area contributed by atoms with Gasteiger partial charge in [0.1, 0.15) is 5.82 Å². The highest BCUT2D eigenvalue weighted by Crippen LogP contribution is 2.29. The van der Waals surface area contributed by atoms with Gasteiger partial charge in [-0.3, -0.25) is 4.99 Å². The van der Waals surface area contributed by atoms with Crippen molar-refractivity contribution in [1.29, 1.82) is 0 Å². The molecule has 1 aromatic carbocycles. The van der Waals surface area contributed by atoms with Crippen LogP contribution in [0.3, 0.4) is 0 Å². The Morgan fingerprint density at radius 3 is 2.48 bits per heavy atom. The third kappa shape index (κ3) is 7.90. The molecule has 0 unspecified atom stereocenters. The first-order valence-corrected chi connectivity index (χ1v) is 8.61. The zero-order valence-electron chi connectivity index (χ0n) is 16.0. The number of pyridine rings is 1. The minimum Gasteiger partial charge on any atom is -0.493 e. The zero-order chi connectivity index (χ0) is 18.6. The summed E-state index contributed by atoms with van der Waals surface area (Å²) in [6.45, 7) is 1.72. The van der Waals surface area contributed by atoms with Gasteiger partial charge in [-0.1, -0.05) is 6.07 Å². The first-order valence-electron chi connectivity index (χ1n) is 8.61. The van der Waals surface area contributed by atoms with E-state index in [1.807, 2.05) is 36.4 Å². The zero-order valence-corrected chi connectivity index (χ0v) is 18.3. The minimum absolute atomic E-state index is 0. The van der Waals surface area contributed by atoms with E-state index in [2.05, 4.69) is 25.9 Å². The van der Waals surface area contributed by atoms with Crippen LogP contribution in [0.1, 0.15) is 12.8 Å². The van der Waals surface area contributed by atoms with Gasteiger partial charge in [0.25, 0.3) is 0 Å². The number of halogens is 1. The second kappa shape index (κ2) is 13.0. The highest BCUT2D eigenvalue weighted by molar-refractivity contribution is 14.0. The molecule has 3 N–H and O–H groups in total. The monoisotopic (exact) mass is 485 g/mol. The highest BCUT2D eigenvalue weighted by Gasteiger charge is 2.06. The van der Waals surface area contributed by atoms with Crippen LogP contribution in [0, 0.1) is 0 Å². The lowest BCUT2D eigenvalue weighted by Gasteiger charge is -2.14. The van der Waals surface area contributed by atoms with E-state index in [1.165, 1.54) is 0 Å². The van der Waals surface area contributed by atoms with Gasteiger partial charge in [-0.05, 0) is 37.1 Å². The predicted molar refractivity (Wildman–Crippen MR) is 122 cm³/mol. The number of aliphatic imine (C=N–C) groups is 1. The Morgan fingerprint density at radius 2 is 1.81 bits per heavy atom. The van der Waals surface area contributed by atoms with E-state index < -0.39 is 0 Å². The average Bonchev–Trinajstić information content (AvgIpc) is 2.70. The van der Waals surface area contributed by atoms with E-state index in [-0.39, 0.29) is 24.0 Å². The molecule has 0 fully saturated rings. The Kier molecular flexibility index (Phi) is 11.0. The highest BCUT2D eigenvalue weighted by atomic mass is 127. The van der Waals surface area contributed by atoms with Crippen molar-refractivity contribution < 1.29 is 9.47 Å². The molecule has 0 amide bonds. The maximum absolute atomic E-state index is 5.32. The second-order valence-corrected chi connectivity index (χ2v) is 5.54. The van der Waals surface area contributed by atoms with Gasteiger partial charge in [-0.25, -0.2) is 4.98 Å². The number of guanidine groups is 1. The Bertz CT molecular complexity index is 698. The molecule has 0 saturated heterocycles. The molecule has 148 valence electrons. The number of nitrogens with one attached hydrogen (secondary N) is 3. The number of hydrogen-bond donors (Lipinski definition) is 3. The van der Waals surface area contributed by atoms with Crippen LogP contribution in [0.4, 0.5) is 11.5 Å². The van der Waals surface area contributed by atoms with Crippen molar-refractivity contribution in [3.05, 3.63) is 42.6 Å². The lowest BCUT2D eigenvalue weighted by molar-refractivity contribution is 0.355. The number of hydrogen-bond acceptors (Lipinski definition) is 5. The van der Waals surface area contributed by atoms with Gasteiger partial charge < -0.3 is 25.4 Å². The van der Waals surface area contributed by atoms with Crippen molar-refractivity contribution in [2.24, 2.45) is 4.99 Å². The summed E-state index contributed by atoms with van der Waals surface area (Å²) < 4.78 is 10.6. The lowest BCUT2D eigenvalue weighted by atomic mass is 10.2. The van der Waals surface area contributed by atoms with E-state index in [9.17, 15) is 0 Å². The van der Waals surface area contributed by atoms with Gasteiger partial charge in [0.2, 0.25) is 0 Å². The van der Waals surface area contributed by atoms with E-state index in [0.29, 0.717) is 11.5 Å². The lowest BCUT2D eigenvalue weighted by Crippen LogP contribution is -2.31. The Morgan fingerprint density at radius 1 is 1.04 bits per heavy atom. The average molecular weight is 485 g/mol. The fourth-order valence-corrected chi connectivity index (χ4v) is 2.37. The third-order valence-corrected chi connectivity index (χ3v) is 3.74. The number of methoxy groups -OCH3 is 2. The van der Waals surface area contributed by atoms with Crippen LogP contribution in [-0.2, 0) is 0 Å². The number of aromatic nitrogens is 1. The molecule has 0 saturated carbocycles. The molecule has 0 aliphatic carbocycles. The fraction of sp³-hybridized carbons (Fsp3) is 0.368. The number of unbranched alkanes of at least 4 members (excludes halogenated alkanes) is 1. The molecule has 27 heavy (non-hydrogen) atoms. The quantitative estimate of drug-likeness (QED) is 0.218. The summed E-state index contributed by atoms with van der Waals surface area (Å²) in [5.74, 6) is 3.00. The molecule has 1 aromatic heterocycles. The smallest absolute Gasteiger partial charge is 0.195 e. The van der Waals surface area contributed by atoms with Crippen LogP contribution in [-0.4, -0.2) is 45.3 Å². The Labute approximate surface area is 178 Å². The van der Waals surface area contributed by atoms with Gasteiger partial charge in [-0.15, -0.1) is 24.0 Å². The molecule has 0 radical (unpaired) electrons. The van der Waals surface area contributed by atoms with Crippen molar-refractivity contribution >= 4 is 41.4 Å². The fourth-order valence-electron chi connectivity index (χ4n) is 2.37. The summed E-state index contributed by atoms with van der Waals surface area (Å²) in [7, 11) is 4.99. The van der Waals surface area contributed by atoms with Crippen molar-refractivity contribution in [3.63, 3.8) is 0 Å². The van der Waals surface area contributed by atoms with Crippen molar-refractivity contribution in [1.82, 2.24) is 10.3 Å². The van der Waals surface area contributed by atoms with Crippen molar-refractivity contribution in [2.45, 2.75) is 12.8 Å². The summed E-state index contributed by atoms with van der Waals surface area (Å²) in [6, 6.07) is 11.5. The molecule has 0 bridgehead atoms. The summed E-state index contributed by atoms with van der Waals surface area (Å²) in [4.78, 5) is 8.48. The van der Waals surface area contributed by atoms with E-state index in [4.69, 9.17) is 9.47 Å². The van der Waals surface area contributed by atoms with Gasteiger partial charge in [0, 0.05) is 38.1 Å². The predicted octanol–water partition coefficient (Wildman–Crippen LogP) is 3.60. The minimum atomic E-state index is 0. The summed E-state index contributed by atoms with van der Waals surface area (Å²) in [5.41, 5.74) is 0.882. The maximum Gasteiger partial charge on any atom is 0.195 e. The third-order valence-electron chi connectivity index (χ3n) is 3.74. The van der Waals surface area contributed by atoms with Gasteiger partial charge in [0.15, 0.2) is 17.5 Å². The molecule has 0 aliphatic rings. The largest absolute Gasteiger partial charge is 0.493 e. The maximum atomic E-state index is 5.32. The van der Waals surface area contributed by atoms with Crippen LogP contribution in [0.25, 0.3) is 0 Å². The van der Waals surface area contributed by atoms with Crippen LogP contribution in [0.5, 0.6) is 11.5 Å². The first kappa shape index (κ1) is 22.8. The van der Waals surface area contributed by atoms with E-state index in [1.54, 1.807) is 27.5 Å². The molecule has 7 nitrogen and oxygen atoms in total. The SMILES string of the molecule is CN=C(NCCCCNc1ccccn1)Nc1ccc(OC)c(OC)c1.I. The van der Waals surface area contributed by atoms with Gasteiger partial charge >= 0.3 is 0 Å². The van der Waals surface area contributed by atoms with Crippen molar-refractivity contribution in [2.75, 3.05) is 45.0 Å². The number of rotatable bonds is 9. The van der Waals surface area contributed by atoms with Crippen LogP contribution in [0.2, 0.25) is 0 Å². The molecular formula is C19H28IN5O2. The second-order valence-electron chi connectivity index (χ2n) is 5.54. The molecule has 2 rings (SSSR count).